The van der Waals surface area contributed by atoms with E-state index in [1.54, 1.807) is 12.1 Å². The molecule has 0 aliphatic carbocycles. The third-order valence-electron chi connectivity index (χ3n) is 3.83. The number of nitrogens with zero attached hydrogens (tertiary/aromatic N) is 1. The molecular weight excluding hydrogens is 390 g/mol. The van der Waals surface area contributed by atoms with E-state index in [4.69, 9.17) is 4.74 Å². The first-order valence-corrected chi connectivity index (χ1v) is 11.5. The zero-order valence-electron chi connectivity index (χ0n) is 14.4. The zero-order chi connectivity index (χ0) is 18.7. The minimum Gasteiger partial charge on any atom is -0.423 e. The number of ether oxygens (including phenoxy) is 1. The molecule has 0 amide bonds. The lowest BCUT2D eigenvalue weighted by molar-refractivity contribution is 0.0734. The van der Waals surface area contributed by atoms with Crippen molar-refractivity contribution in [1.29, 1.82) is 0 Å². The number of benzene rings is 2. The van der Waals surface area contributed by atoms with Crippen molar-refractivity contribution in [1.82, 2.24) is 4.31 Å². The average Bonchev–Trinajstić information content (AvgIpc) is 3.17. The van der Waals surface area contributed by atoms with Gasteiger partial charge in [0, 0.05) is 25.6 Å². The van der Waals surface area contributed by atoms with Gasteiger partial charge in [0.05, 0.1) is 15.0 Å². The van der Waals surface area contributed by atoms with Crippen molar-refractivity contribution < 1.29 is 17.9 Å². The number of hydrogen-bond donors (Lipinski definition) is 0. The smallest absolute Gasteiger partial charge is 0.343 e. The number of carbonyl (C=O) groups is 1. The third kappa shape index (κ3) is 4.25. The van der Waals surface area contributed by atoms with Crippen LogP contribution in [0, 0.1) is 0 Å². The molecule has 138 valence electrons. The Morgan fingerprint density at radius 3 is 2.35 bits per heavy atom. The quantitative estimate of drug-likeness (QED) is 0.555. The first kappa shape index (κ1) is 19.3. The van der Waals surface area contributed by atoms with Gasteiger partial charge in [0.15, 0.2) is 0 Å². The van der Waals surface area contributed by atoms with E-state index in [9.17, 15) is 13.2 Å². The molecule has 1 fully saturated rings. The van der Waals surface area contributed by atoms with Crippen molar-refractivity contribution in [3.05, 3.63) is 59.7 Å². The SMILES string of the molecule is CN(C)S(=O)(=O)c1cccc(C(=O)Oc2ccc(C3SCCS3)cc2)c1. The van der Waals surface area contributed by atoms with Crippen LogP contribution < -0.4 is 4.74 Å². The predicted molar refractivity (Wildman–Crippen MR) is 106 cm³/mol. The molecule has 0 unspecified atom stereocenters. The maximum absolute atomic E-state index is 12.4. The van der Waals surface area contributed by atoms with E-state index in [2.05, 4.69) is 0 Å². The number of thioether (sulfide) groups is 2. The molecule has 1 heterocycles. The largest absolute Gasteiger partial charge is 0.423 e. The Labute approximate surface area is 162 Å². The van der Waals surface area contributed by atoms with E-state index < -0.39 is 16.0 Å². The summed E-state index contributed by atoms with van der Waals surface area (Å²) >= 11 is 3.83. The highest BCUT2D eigenvalue weighted by Gasteiger charge is 2.20. The molecule has 0 N–H and O–H groups in total. The fourth-order valence-corrected chi connectivity index (χ4v) is 6.21. The van der Waals surface area contributed by atoms with Gasteiger partial charge >= 0.3 is 5.97 Å². The molecule has 26 heavy (non-hydrogen) atoms. The second-order valence-corrected chi connectivity index (χ2v) is 10.7. The van der Waals surface area contributed by atoms with Crippen LogP contribution >= 0.6 is 23.5 Å². The van der Waals surface area contributed by atoms with Crippen molar-refractivity contribution in [2.45, 2.75) is 9.48 Å². The first-order valence-electron chi connectivity index (χ1n) is 7.96. The lowest BCUT2D eigenvalue weighted by atomic mass is 10.2. The van der Waals surface area contributed by atoms with Crippen molar-refractivity contribution in [3.8, 4) is 5.75 Å². The molecule has 1 aliphatic heterocycles. The van der Waals surface area contributed by atoms with E-state index >= 15 is 0 Å². The van der Waals surface area contributed by atoms with Crippen LogP contribution in [0.5, 0.6) is 5.75 Å². The van der Waals surface area contributed by atoms with Crippen molar-refractivity contribution >= 4 is 39.5 Å². The highest BCUT2D eigenvalue weighted by atomic mass is 32.2. The molecule has 5 nitrogen and oxygen atoms in total. The lowest BCUT2D eigenvalue weighted by Gasteiger charge is -2.12. The van der Waals surface area contributed by atoms with Crippen molar-refractivity contribution in [2.75, 3.05) is 25.6 Å². The molecule has 0 radical (unpaired) electrons. The van der Waals surface area contributed by atoms with Crippen molar-refractivity contribution in [2.24, 2.45) is 0 Å². The molecule has 1 aliphatic rings. The third-order valence-corrected chi connectivity index (χ3v) is 8.75. The first-order chi connectivity index (χ1) is 12.4. The Hall–Kier alpha value is -1.48. The van der Waals surface area contributed by atoms with Gasteiger partial charge < -0.3 is 4.74 Å². The van der Waals surface area contributed by atoms with E-state index in [1.165, 1.54) is 43.9 Å². The molecule has 2 aromatic carbocycles. The van der Waals surface area contributed by atoms with Gasteiger partial charge in [-0.05, 0) is 35.9 Å². The summed E-state index contributed by atoms with van der Waals surface area (Å²) in [4.78, 5) is 12.4. The van der Waals surface area contributed by atoms with Gasteiger partial charge in [-0.2, -0.15) is 0 Å². The summed E-state index contributed by atoms with van der Waals surface area (Å²) in [5.41, 5.74) is 1.40. The topological polar surface area (TPSA) is 63.7 Å². The van der Waals surface area contributed by atoms with Crippen LogP contribution in [0.3, 0.4) is 0 Å². The number of sulfonamides is 1. The van der Waals surface area contributed by atoms with Gasteiger partial charge in [-0.15, -0.1) is 23.5 Å². The lowest BCUT2D eigenvalue weighted by Crippen LogP contribution is -2.22. The van der Waals surface area contributed by atoms with Gasteiger partial charge in [0.2, 0.25) is 10.0 Å². The number of carbonyl (C=O) groups excluding carboxylic acids is 1. The second-order valence-electron chi connectivity index (χ2n) is 5.85. The molecule has 1 saturated heterocycles. The Morgan fingerprint density at radius 2 is 1.73 bits per heavy atom. The molecule has 0 bridgehead atoms. The molecule has 0 spiro atoms. The number of rotatable bonds is 5. The van der Waals surface area contributed by atoms with Crippen LogP contribution in [0.4, 0.5) is 0 Å². The van der Waals surface area contributed by atoms with Gasteiger partial charge in [0.1, 0.15) is 5.75 Å². The van der Waals surface area contributed by atoms with Crippen LogP contribution in [0.2, 0.25) is 0 Å². The van der Waals surface area contributed by atoms with E-state index in [-0.39, 0.29) is 10.5 Å². The van der Waals surface area contributed by atoms with E-state index in [0.29, 0.717) is 10.3 Å². The highest BCUT2D eigenvalue weighted by Crippen LogP contribution is 2.45. The minimum absolute atomic E-state index is 0.0579. The van der Waals surface area contributed by atoms with Crippen LogP contribution in [0.1, 0.15) is 20.5 Å². The summed E-state index contributed by atoms with van der Waals surface area (Å²) in [5, 5.41) is 0. The fraction of sp³-hybridized carbons (Fsp3) is 0.278. The summed E-state index contributed by atoms with van der Waals surface area (Å²) in [7, 11) is -0.706. The van der Waals surface area contributed by atoms with Gasteiger partial charge in [-0.1, -0.05) is 18.2 Å². The Kier molecular flexibility index (Phi) is 5.96. The molecular formula is C18H19NO4S3. The summed E-state index contributed by atoms with van der Waals surface area (Å²) in [6.07, 6.45) is 0. The van der Waals surface area contributed by atoms with Gasteiger partial charge in [0.25, 0.3) is 0 Å². The summed E-state index contributed by atoms with van der Waals surface area (Å²) < 4.78 is 31.3. The maximum atomic E-state index is 12.4. The fourth-order valence-electron chi connectivity index (χ4n) is 2.40. The summed E-state index contributed by atoms with van der Waals surface area (Å²) in [5.74, 6) is 2.15. The van der Waals surface area contributed by atoms with Gasteiger partial charge in [-0.3, -0.25) is 0 Å². The minimum atomic E-state index is -3.60. The summed E-state index contributed by atoms with van der Waals surface area (Å²) in [6, 6.07) is 13.3. The Balaban J connectivity index is 1.74. The average molecular weight is 410 g/mol. The molecule has 2 aromatic rings. The highest BCUT2D eigenvalue weighted by molar-refractivity contribution is 8.19. The van der Waals surface area contributed by atoms with Crippen LogP contribution in [-0.4, -0.2) is 44.3 Å². The monoisotopic (exact) mass is 409 g/mol. The molecule has 8 heteroatoms. The van der Waals surface area contributed by atoms with Crippen LogP contribution in [0.25, 0.3) is 0 Å². The molecule has 3 rings (SSSR count). The van der Waals surface area contributed by atoms with Gasteiger partial charge in [-0.25, -0.2) is 17.5 Å². The van der Waals surface area contributed by atoms with Crippen LogP contribution in [-0.2, 0) is 10.0 Å². The number of hydrogen-bond acceptors (Lipinski definition) is 6. The van der Waals surface area contributed by atoms with Crippen molar-refractivity contribution in [3.63, 3.8) is 0 Å². The molecule has 0 atom stereocenters. The summed E-state index contributed by atoms with van der Waals surface area (Å²) in [6.45, 7) is 0. The number of esters is 1. The zero-order valence-corrected chi connectivity index (χ0v) is 16.9. The Morgan fingerprint density at radius 1 is 1.08 bits per heavy atom. The van der Waals surface area contributed by atoms with E-state index in [0.717, 1.165) is 15.8 Å². The second kappa shape index (κ2) is 8.04. The molecule has 0 saturated carbocycles. The normalized spacial score (nSPS) is 15.3. The predicted octanol–water partition coefficient (Wildman–Crippen LogP) is 3.63. The standard InChI is InChI=1S/C18H19NO4S3/c1-19(2)26(21,22)16-5-3-4-14(12-16)17(20)23-15-8-6-13(7-9-15)18-24-10-11-25-18/h3-9,12,18H,10-11H2,1-2H3. The van der Waals surface area contributed by atoms with E-state index in [1.807, 2.05) is 35.7 Å². The maximum Gasteiger partial charge on any atom is 0.343 e. The Bertz CT molecular complexity index is 889. The molecule has 0 aromatic heterocycles. The van der Waals surface area contributed by atoms with Crippen LogP contribution in [0.15, 0.2) is 53.4 Å².